The van der Waals surface area contributed by atoms with Gasteiger partial charge in [-0.25, -0.2) is 0 Å². The monoisotopic (exact) mass is 387 g/mol. The van der Waals surface area contributed by atoms with E-state index in [0.29, 0.717) is 22.9 Å². The number of hydrogen-bond donors (Lipinski definition) is 2. The molecule has 2 rings (SSSR count). The van der Waals surface area contributed by atoms with Crippen LogP contribution in [0.5, 0.6) is 5.75 Å². The highest BCUT2D eigenvalue weighted by Gasteiger charge is 2.27. The van der Waals surface area contributed by atoms with Crippen LogP contribution in [0.2, 0.25) is 5.02 Å². The van der Waals surface area contributed by atoms with Crippen LogP contribution in [0.25, 0.3) is 0 Å². The van der Waals surface area contributed by atoms with Gasteiger partial charge >= 0.3 is 6.18 Å². The van der Waals surface area contributed by atoms with E-state index in [9.17, 15) is 18.0 Å². The van der Waals surface area contributed by atoms with Crippen molar-refractivity contribution in [3.63, 3.8) is 0 Å². The van der Waals surface area contributed by atoms with E-state index >= 15 is 0 Å². The molecular formula is C17H17ClF3N3O2. The van der Waals surface area contributed by atoms with Crippen molar-refractivity contribution in [2.24, 2.45) is 0 Å². The molecule has 0 radical (unpaired) electrons. The molecule has 26 heavy (non-hydrogen) atoms. The molecule has 0 unspecified atom stereocenters. The van der Waals surface area contributed by atoms with Gasteiger partial charge in [0.1, 0.15) is 18.9 Å². The Morgan fingerprint density at radius 1 is 1.27 bits per heavy atom. The summed E-state index contributed by atoms with van der Waals surface area (Å²) in [6, 6.07) is 8.69. The number of nitrogens with one attached hydrogen (secondary N) is 2. The normalized spacial score (nSPS) is 11.2. The first kappa shape index (κ1) is 20.0. The molecule has 1 amide bonds. The van der Waals surface area contributed by atoms with Crippen LogP contribution in [0, 0.1) is 0 Å². The zero-order valence-electron chi connectivity index (χ0n) is 13.6. The molecule has 1 heterocycles. The highest BCUT2D eigenvalue weighted by molar-refractivity contribution is 6.30. The number of aromatic nitrogens is 1. The molecule has 0 aliphatic rings. The molecule has 0 bridgehead atoms. The summed E-state index contributed by atoms with van der Waals surface area (Å²) in [6.45, 7) is -1.11. The van der Waals surface area contributed by atoms with Gasteiger partial charge in [0.05, 0.1) is 6.54 Å². The zero-order valence-corrected chi connectivity index (χ0v) is 14.4. The van der Waals surface area contributed by atoms with Crippen molar-refractivity contribution < 1.29 is 22.7 Å². The van der Waals surface area contributed by atoms with Crippen molar-refractivity contribution in [1.29, 1.82) is 0 Å². The van der Waals surface area contributed by atoms with Crippen LogP contribution in [-0.4, -0.2) is 30.2 Å². The lowest BCUT2D eigenvalue weighted by Gasteiger charge is -2.13. The molecule has 9 heteroatoms. The van der Waals surface area contributed by atoms with Crippen LogP contribution >= 0.6 is 11.6 Å². The first-order valence-corrected chi connectivity index (χ1v) is 8.05. The highest BCUT2D eigenvalue weighted by Crippen LogP contribution is 2.23. The number of pyridine rings is 1. The summed E-state index contributed by atoms with van der Waals surface area (Å²) in [5, 5.41) is 5.05. The average molecular weight is 388 g/mol. The van der Waals surface area contributed by atoms with Gasteiger partial charge < -0.3 is 15.4 Å². The summed E-state index contributed by atoms with van der Waals surface area (Å²) < 4.78 is 41.9. The standard InChI is InChI=1S/C17H17ClF3N3O2/c18-14-3-4-15(26-10-12-2-1-5-22-7-12)13(6-14)8-23-9-16(25)24-11-17(19,20)21/h1-7,23H,8-11H2,(H,24,25). The first-order valence-electron chi connectivity index (χ1n) is 7.68. The number of alkyl halides is 3. The number of benzene rings is 1. The SMILES string of the molecule is O=C(CNCc1cc(Cl)ccc1OCc1cccnc1)NCC(F)(F)F. The van der Waals surface area contributed by atoms with E-state index in [1.165, 1.54) is 0 Å². The fourth-order valence-electron chi connectivity index (χ4n) is 2.04. The van der Waals surface area contributed by atoms with E-state index in [1.54, 1.807) is 42.0 Å². The van der Waals surface area contributed by atoms with E-state index in [0.717, 1.165) is 5.56 Å². The van der Waals surface area contributed by atoms with Crippen LogP contribution in [-0.2, 0) is 17.9 Å². The maximum absolute atomic E-state index is 12.1. The second-order valence-electron chi connectivity index (χ2n) is 5.40. The van der Waals surface area contributed by atoms with Gasteiger partial charge in [0, 0.05) is 35.1 Å². The van der Waals surface area contributed by atoms with Crippen LogP contribution in [0.1, 0.15) is 11.1 Å². The number of carbonyl (C=O) groups excluding carboxylic acids is 1. The molecule has 2 N–H and O–H groups in total. The third-order valence-corrected chi connectivity index (χ3v) is 3.46. The second-order valence-corrected chi connectivity index (χ2v) is 5.83. The molecular weight excluding hydrogens is 371 g/mol. The highest BCUT2D eigenvalue weighted by atomic mass is 35.5. The molecule has 0 aliphatic heterocycles. The number of halogens is 4. The summed E-state index contributed by atoms with van der Waals surface area (Å²) in [5.41, 5.74) is 1.57. The summed E-state index contributed by atoms with van der Waals surface area (Å²) in [7, 11) is 0. The molecule has 1 aromatic carbocycles. The van der Waals surface area contributed by atoms with Crippen molar-refractivity contribution in [2.75, 3.05) is 13.1 Å². The van der Waals surface area contributed by atoms with Gasteiger partial charge in [-0.05, 0) is 24.3 Å². The Bertz CT molecular complexity index is 727. The number of carbonyl (C=O) groups is 1. The predicted molar refractivity (Wildman–Crippen MR) is 90.8 cm³/mol. The minimum atomic E-state index is -4.43. The van der Waals surface area contributed by atoms with E-state index in [4.69, 9.17) is 16.3 Å². The fourth-order valence-corrected chi connectivity index (χ4v) is 2.24. The van der Waals surface area contributed by atoms with E-state index in [1.807, 2.05) is 6.07 Å². The first-order chi connectivity index (χ1) is 12.3. The number of hydrogen-bond acceptors (Lipinski definition) is 4. The minimum Gasteiger partial charge on any atom is -0.489 e. The van der Waals surface area contributed by atoms with E-state index in [-0.39, 0.29) is 13.1 Å². The third-order valence-electron chi connectivity index (χ3n) is 3.23. The molecule has 0 saturated carbocycles. The number of nitrogens with zero attached hydrogens (tertiary/aromatic N) is 1. The van der Waals surface area contributed by atoms with Gasteiger partial charge in [-0.3, -0.25) is 9.78 Å². The van der Waals surface area contributed by atoms with Crippen LogP contribution in [0.15, 0.2) is 42.7 Å². The molecule has 0 spiro atoms. The largest absolute Gasteiger partial charge is 0.489 e. The van der Waals surface area contributed by atoms with Gasteiger partial charge in [-0.1, -0.05) is 17.7 Å². The van der Waals surface area contributed by atoms with Gasteiger partial charge in [0.25, 0.3) is 0 Å². The Hall–Kier alpha value is -2.32. The number of ether oxygens (including phenoxy) is 1. The third kappa shape index (κ3) is 7.28. The Balaban J connectivity index is 1.87. The lowest BCUT2D eigenvalue weighted by molar-refractivity contribution is -0.137. The molecule has 0 atom stereocenters. The fraction of sp³-hybridized carbons (Fsp3) is 0.294. The van der Waals surface area contributed by atoms with Gasteiger partial charge in [-0.2, -0.15) is 13.2 Å². The molecule has 0 aliphatic carbocycles. The topological polar surface area (TPSA) is 63.2 Å². The number of rotatable bonds is 8. The molecule has 5 nitrogen and oxygen atoms in total. The maximum atomic E-state index is 12.1. The molecule has 0 fully saturated rings. The molecule has 2 aromatic rings. The lowest BCUT2D eigenvalue weighted by atomic mass is 10.2. The lowest BCUT2D eigenvalue weighted by Crippen LogP contribution is -2.39. The minimum absolute atomic E-state index is 0.211. The Morgan fingerprint density at radius 3 is 2.77 bits per heavy atom. The molecule has 0 saturated heterocycles. The predicted octanol–water partition coefficient (Wildman–Crippen LogP) is 3.08. The zero-order chi connectivity index (χ0) is 19.0. The summed E-state index contributed by atoms with van der Waals surface area (Å²) in [5.74, 6) is -0.191. The van der Waals surface area contributed by atoms with Gasteiger partial charge in [-0.15, -0.1) is 0 Å². The smallest absolute Gasteiger partial charge is 0.405 e. The van der Waals surface area contributed by atoms with Crippen molar-refractivity contribution in [1.82, 2.24) is 15.6 Å². The average Bonchev–Trinajstić information content (AvgIpc) is 2.59. The van der Waals surface area contributed by atoms with Crippen LogP contribution in [0.4, 0.5) is 13.2 Å². The van der Waals surface area contributed by atoms with Crippen LogP contribution < -0.4 is 15.4 Å². The summed E-state index contributed by atoms with van der Waals surface area (Å²) in [6.07, 6.45) is -1.10. The van der Waals surface area contributed by atoms with Gasteiger partial charge in [0.2, 0.25) is 5.91 Å². The van der Waals surface area contributed by atoms with Crippen LogP contribution in [0.3, 0.4) is 0 Å². The molecule has 1 aromatic heterocycles. The Kier molecular flexibility index (Phi) is 7.23. The van der Waals surface area contributed by atoms with Gasteiger partial charge in [0.15, 0.2) is 0 Å². The van der Waals surface area contributed by atoms with E-state index < -0.39 is 18.6 Å². The van der Waals surface area contributed by atoms with E-state index in [2.05, 4.69) is 10.3 Å². The Morgan fingerprint density at radius 2 is 2.08 bits per heavy atom. The van der Waals surface area contributed by atoms with Crippen molar-refractivity contribution >= 4 is 17.5 Å². The number of amides is 1. The quantitative estimate of drug-likeness (QED) is 0.730. The van der Waals surface area contributed by atoms with Crippen molar-refractivity contribution in [2.45, 2.75) is 19.3 Å². The van der Waals surface area contributed by atoms with Crippen molar-refractivity contribution in [3.05, 3.63) is 58.9 Å². The molecule has 140 valence electrons. The summed E-state index contributed by atoms with van der Waals surface area (Å²) >= 11 is 5.98. The maximum Gasteiger partial charge on any atom is 0.405 e. The summed E-state index contributed by atoms with van der Waals surface area (Å²) in [4.78, 5) is 15.4. The Labute approximate surface area is 153 Å². The van der Waals surface area contributed by atoms with Crippen molar-refractivity contribution in [3.8, 4) is 5.75 Å². The second kappa shape index (κ2) is 9.40.